The number of benzene rings is 1. The number of nitrogens with one attached hydrogen (secondary N) is 1. The van der Waals surface area contributed by atoms with Crippen molar-refractivity contribution >= 4 is 46.7 Å². The van der Waals surface area contributed by atoms with E-state index in [-0.39, 0.29) is 18.4 Å². The first kappa shape index (κ1) is 20.0. The molecule has 146 valence electrons. The molecule has 3 rings (SSSR count). The number of halogens is 2. The van der Waals surface area contributed by atoms with Gasteiger partial charge in [-0.3, -0.25) is 14.4 Å². The lowest BCUT2D eigenvalue weighted by Crippen LogP contribution is -2.36. The second-order valence-electron chi connectivity index (χ2n) is 7.08. The monoisotopic (exact) mass is 412 g/mol. The maximum Gasteiger partial charge on any atom is 0.312 e. The standard InChI is InChI=1S/C19H22Cl2N2O4/c1-11(18(25)22-16-9-13(20)6-7-15(16)21)27-19(26)12-8-17(24)23(10-12)14-4-2-3-5-14/h6-7,9,11-12,14H,2-5,8,10H2,1H3,(H,22,25)/t11-,12+/m0/s1. The Morgan fingerprint density at radius 2 is 1.96 bits per heavy atom. The Morgan fingerprint density at radius 3 is 2.67 bits per heavy atom. The topological polar surface area (TPSA) is 75.7 Å². The Labute approximate surface area is 168 Å². The lowest BCUT2D eigenvalue weighted by atomic mass is 10.1. The first-order chi connectivity index (χ1) is 12.8. The van der Waals surface area contributed by atoms with Gasteiger partial charge in [-0.25, -0.2) is 0 Å². The Morgan fingerprint density at radius 1 is 1.26 bits per heavy atom. The van der Waals surface area contributed by atoms with E-state index >= 15 is 0 Å². The molecule has 1 aliphatic carbocycles. The molecular weight excluding hydrogens is 391 g/mol. The van der Waals surface area contributed by atoms with Gasteiger partial charge in [0.15, 0.2) is 6.10 Å². The molecule has 1 saturated carbocycles. The molecule has 2 amide bonds. The fourth-order valence-electron chi connectivity index (χ4n) is 3.61. The summed E-state index contributed by atoms with van der Waals surface area (Å²) in [6.45, 7) is 1.86. The van der Waals surface area contributed by atoms with Gasteiger partial charge in [0.05, 0.1) is 16.6 Å². The van der Waals surface area contributed by atoms with E-state index in [1.165, 1.54) is 13.0 Å². The van der Waals surface area contributed by atoms with Crippen LogP contribution in [0.1, 0.15) is 39.0 Å². The minimum absolute atomic E-state index is 0.00772. The van der Waals surface area contributed by atoms with Crippen LogP contribution in [0.25, 0.3) is 0 Å². The van der Waals surface area contributed by atoms with Crippen molar-refractivity contribution in [2.24, 2.45) is 5.92 Å². The van der Waals surface area contributed by atoms with Crippen molar-refractivity contribution in [1.82, 2.24) is 4.90 Å². The molecule has 2 atom stereocenters. The highest BCUT2D eigenvalue weighted by atomic mass is 35.5. The van der Waals surface area contributed by atoms with Gasteiger partial charge in [0.1, 0.15) is 0 Å². The second kappa shape index (κ2) is 8.48. The molecule has 1 saturated heterocycles. The van der Waals surface area contributed by atoms with Crippen molar-refractivity contribution < 1.29 is 19.1 Å². The zero-order valence-corrected chi connectivity index (χ0v) is 16.6. The summed E-state index contributed by atoms with van der Waals surface area (Å²) < 4.78 is 5.29. The molecule has 0 radical (unpaired) electrons. The van der Waals surface area contributed by atoms with Crippen molar-refractivity contribution in [3.63, 3.8) is 0 Å². The summed E-state index contributed by atoms with van der Waals surface area (Å²) in [5.74, 6) is -1.57. The maximum atomic E-state index is 12.4. The summed E-state index contributed by atoms with van der Waals surface area (Å²) in [5, 5.41) is 3.36. The predicted octanol–water partition coefficient (Wildman–Crippen LogP) is 3.65. The Hall–Kier alpha value is -1.79. The van der Waals surface area contributed by atoms with Crippen LogP contribution < -0.4 is 5.32 Å². The van der Waals surface area contributed by atoms with Gasteiger partial charge in [0.25, 0.3) is 5.91 Å². The number of amides is 2. The first-order valence-electron chi connectivity index (χ1n) is 9.11. The molecule has 1 aromatic carbocycles. The number of anilines is 1. The summed E-state index contributed by atoms with van der Waals surface area (Å²) in [6.07, 6.45) is 3.35. The predicted molar refractivity (Wildman–Crippen MR) is 103 cm³/mol. The SMILES string of the molecule is C[C@H](OC(=O)[C@@H]1CC(=O)N(C2CCCC2)C1)C(=O)Nc1cc(Cl)ccc1Cl. The number of esters is 1. The van der Waals surface area contributed by atoms with Crippen LogP contribution in [0.15, 0.2) is 18.2 Å². The Kier molecular flexibility index (Phi) is 6.27. The molecular formula is C19H22Cl2N2O4. The van der Waals surface area contributed by atoms with Gasteiger partial charge < -0.3 is 15.0 Å². The summed E-state index contributed by atoms with van der Waals surface area (Å²) in [4.78, 5) is 38.7. The van der Waals surface area contributed by atoms with Crippen LogP contribution >= 0.6 is 23.2 Å². The first-order valence-corrected chi connectivity index (χ1v) is 9.86. The lowest BCUT2D eigenvalue weighted by Gasteiger charge is -2.24. The van der Waals surface area contributed by atoms with Gasteiger partial charge in [0.2, 0.25) is 5.91 Å². The van der Waals surface area contributed by atoms with Gasteiger partial charge in [-0.2, -0.15) is 0 Å². The van der Waals surface area contributed by atoms with E-state index < -0.39 is 23.9 Å². The fourth-order valence-corrected chi connectivity index (χ4v) is 3.95. The molecule has 2 fully saturated rings. The number of nitrogens with zero attached hydrogens (tertiary/aromatic N) is 1. The molecule has 1 N–H and O–H groups in total. The van der Waals surface area contributed by atoms with Crippen molar-refractivity contribution in [2.45, 2.75) is 51.2 Å². The van der Waals surface area contributed by atoms with E-state index in [0.717, 1.165) is 25.7 Å². The molecule has 27 heavy (non-hydrogen) atoms. The molecule has 1 heterocycles. The molecule has 1 aliphatic heterocycles. The Balaban J connectivity index is 1.54. The van der Waals surface area contributed by atoms with Crippen LogP contribution in [0.3, 0.4) is 0 Å². The summed E-state index contributed by atoms with van der Waals surface area (Å²) in [6, 6.07) is 4.93. The van der Waals surface area contributed by atoms with Crippen LogP contribution in [0.4, 0.5) is 5.69 Å². The number of hydrogen-bond donors (Lipinski definition) is 1. The third-order valence-corrected chi connectivity index (χ3v) is 5.67. The zero-order chi connectivity index (χ0) is 19.6. The number of carbonyl (C=O) groups excluding carboxylic acids is 3. The highest BCUT2D eigenvalue weighted by molar-refractivity contribution is 6.35. The van der Waals surface area contributed by atoms with Crippen LogP contribution in [-0.4, -0.2) is 41.4 Å². The van der Waals surface area contributed by atoms with Crippen molar-refractivity contribution in [1.29, 1.82) is 0 Å². The third kappa shape index (κ3) is 4.74. The lowest BCUT2D eigenvalue weighted by molar-refractivity contribution is -0.157. The van der Waals surface area contributed by atoms with E-state index in [9.17, 15) is 14.4 Å². The third-order valence-electron chi connectivity index (χ3n) is 5.11. The molecule has 6 nitrogen and oxygen atoms in total. The van der Waals surface area contributed by atoms with Gasteiger partial charge in [-0.15, -0.1) is 0 Å². The molecule has 0 spiro atoms. The van der Waals surface area contributed by atoms with Gasteiger partial charge in [0, 0.05) is 24.0 Å². The van der Waals surface area contributed by atoms with E-state index in [1.807, 2.05) is 0 Å². The molecule has 0 aromatic heterocycles. The van der Waals surface area contributed by atoms with Crippen LogP contribution in [-0.2, 0) is 19.1 Å². The smallest absolute Gasteiger partial charge is 0.312 e. The largest absolute Gasteiger partial charge is 0.452 e. The normalized spacial score (nSPS) is 21.4. The van der Waals surface area contributed by atoms with Crippen LogP contribution in [0.5, 0.6) is 0 Å². The minimum atomic E-state index is -1.01. The number of likely N-dealkylation sites (tertiary alicyclic amines) is 1. The van der Waals surface area contributed by atoms with Crippen molar-refractivity contribution in [3.8, 4) is 0 Å². The second-order valence-corrected chi connectivity index (χ2v) is 7.92. The molecule has 0 bridgehead atoms. The van der Waals surface area contributed by atoms with Gasteiger partial charge in [-0.05, 0) is 38.0 Å². The van der Waals surface area contributed by atoms with E-state index in [1.54, 1.807) is 17.0 Å². The fraction of sp³-hybridized carbons (Fsp3) is 0.526. The molecule has 0 unspecified atom stereocenters. The van der Waals surface area contributed by atoms with Gasteiger partial charge in [-0.1, -0.05) is 36.0 Å². The van der Waals surface area contributed by atoms with E-state index in [4.69, 9.17) is 27.9 Å². The van der Waals surface area contributed by atoms with E-state index in [2.05, 4.69) is 5.32 Å². The quantitative estimate of drug-likeness (QED) is 0.748. The van der Waals surface area contributed by atoms with Crippen molar-refractivity contribution in [2.75, 3.05) is 11.9 Å². The molecule has 1 aromatic rings. The summed E-state index contributed by atoms with van der Waals surface area (Å²) in [7, 11) is 0. The average molecular weight is 413 g/mol. The number of carbonyl (C=O) groups is 3. The summed E-state index contributed by atoms with van der Waals surface area (Å²) in [5.41, 5.74) is 0.348. The van der Waals surface area contributed by atoms with E-state index in [0.29, 0.717) is 22.3 Å². The zero-order valence-electron chi connectivity index (χ0n) is 15.0. The molecule has 8 heteroatoms. The van der Waals surface area contributed by atoms with Crippen molar-refractivity contribution in [3.05, 3.63) is 28.2 Å². The maximum absolute atomic E-state index is 12.4. The minimum Gasteiger partial charge on any atom is -0.452 e. The van der Waals surface area contributed by atoms with Crippen LogP contribution in [0, 0.1) is 5.92 Å². The summed E-state index contributed by atoms with van der Waals surface area (Å²) >= 11 is 11.9. The number of hydrogen-bond acceptors (Lipinski definition) is 4. The molecule has 2 aliphatic rings. The highest BCUT2D eigenvalue weighted by Crippen LogP contribution is 2.30. The van der Waals surface area contributed by atoms with Crippen LogP contribution in [0.2, 0.25) is 10.0 Å². The highest BCUT2D eigenvalue weighted by Gasteiger charge is 2.40. The number of rotatable bonds is 5. The Bertz CT molecular complexity index is 749. The average Bonchev–Trinajstić information content (AvgIpc) is 3.27. The van der Waals surface area contributed by atoms with Gasteiger partial charge >= 0.3 is 5.97 Å². The number of ether oxygens (including phenoxy) is 1.